The lowest BCUT2D eigenvalue weighted by Gasteiger charge is -2.36. The quantitative estimate of drug-likeness (QED) is 0.768. The molecule has 6 heteroatoms. The van der Waals surface area contributed by atoms with Gasteiger partial charge in [-0.05, 0) is 61.7 Å². The Hall–Kier alpha value is -2.53. The van der Waals surface area contributed by atoms with Crippen molar-refractivity contribution in [3.05, 3.63) is 59.1 Å². The van der Waals surface area contributed by atoms with Crippen molar-refractivity contribution >= 4 is 23.4 Å². The molecule has 4 rings (SSSR count). The van der Waals surface area contributed by atoms with E-state index in [-0.39, 0.29) is 17.9 Å². The first-order chi connectivity index (χ1) is 13.6. The van der Waals surface area contributed by atoms with E-state index in [4.69, 9.17) is 16.3 Å². The van der Waals surface area contributed by atoms with Gasteiger partial charge in [0.05, 0.1) is 0 Å². The van der Waals surface area contributed by atoms with Crippen LogP contribution in [0.15, 0.2) is 48.5 Å². The number of hydrogen-bond acceptors (Lipinski definition) is 3. The Morgan fingerprint density at radius 1 is 1.00 bits per heavy atom. The van der Waals surface area contributed by atoms with Crippen LogP contribution >= 0.6 is 11.6 Å². The molecule has 0 radical (unpaired) electrons. The molecule has 2 aliphatic heterocycles. The Morgan fingerprint density at radius 3 is 2.39 bits per heavy atom. The highest BCUT2D eigenvalue weighted by Crippen LogP contribution is 2.26. The highest BCUT2D eigenvalue weighted by Gasteiger charge is 2.32. The molecule has 2 amide bonds. The summed E-state index contributed by atoms with van der Waals surface area (Å²) in [5.74, 6) is 1.61. The Morgan fingerprint density at radius 2 is 1.75 bits per heavy atom. The molecule has 0 aliphatic carbocycles. The average molecular weight is 399 g/mol. The summed E-state index contributed by atoms with van der Waals surface area (Å²) in [6.07, 6.45) is 3.34. The molecule has 0 atom stereocenters. The summed E-state index contributed by atoms with van der Waals surface area (Å²) >= 11 is 5.97. The minimum Gasteiger partial charge on any atom is -0.457 e. The fraction of sp³-hybridized carbons (Fsp3) is 0.364. The van der Waals surface area contributed by atoms with Gasteiger partial charge in [-0.15, -0.1) is 0 Å². The summed E-state index contributed by atoms with van der Waals surface area (Å²) in [7, 11) is 0. The third-order valence-electron chi connectivity index (χ3n) is 5.44. The highest BCUT2D eigenvalue weighted by atomic mass is 35.5. The smallest absolute Gasteiger partial charge is 0.253 e. The maximum atomic E-state index is 12.8. The number of carbonyl (C=O) groups excluding carboxylic acids is 2. The molecule has 0 spiro atoms. The van der Waals surface area contributed by atoms with E-state index in [0.717, 1.165) is 25.8 Å². The molecule has 0 bridgehead atoms. The Labute approximate surface area is 169 Å². The van der Waals surface area contributed by atoms with Gasteiger partial charge in [-0.1, -0.05) is 17.7 Å². The SMILES string of the molecule is O=C(c1ccc(Oc2cccc(Cl)c2)cc1)N1CCC(N2CCCC2=O)CC1. The zero-order valence-corrected chi connectivity index (χ0v) is 16.4. The van der Waals surface area contributed by atoms with Crippen LogP contribution in [-0.4, -0.2) is 47.3 Å². The minimum atomic E-state index is 0.0282. The van der Waals surface area contributed by atoms with Crippen molar-refractivity contribution in [2.45, 2.75) is 31.7 Å². The molecule has 2 aliphatic rings. The standard InChI is InChI=1S/C22H23ClN2O3/c23-17-3-1-4-20(15-17)28-19-8-6-16(7-9-19)22(27)24-13-10-18(11-14-24)25-12-2-5-21(25)26/h1,3-4,6-9,15,18H,2,5,10-14H2. The Bertz CT molecular complexity index is 860. The molecule has 5 nitrogen and oxygen atoms in total. The van der Waals surface area contributed by atoms with E-state index in [2.05, 4.69) is 0 Å². The maximum Gasteiger partial charge on any atom is 0.253 e. The molecule has 2 fully saturated rings. The minimum absolute atomic E-state index is 0.0282. The van der Waals surface area contributed by atoms with Crippen molar-refractivity contribution in [1.82, 2.24) is 9.80 Å². The van der Waals surface area contributed by atoms with Gasteiger partial charge in [0, 0.05) is 42.7 Å². The molecular weight excluding hydrogens is 376 g/mol. The lowest BCUT2D eigenvalue weighted by molar-refractivity contribution is -0.130. The van der Waals surface area contributed by atoms with Gasteiger partial charge >= 0.3 is 0 Å². The van der Waals surface area contributed by atoms with Crippen molar-refractivity contribution in [2.24, 2.45) is 0 Å². The molecule has 0 N–H and O–H groups in total. The predicted octanol–water partition coefficient (Wildman–Crippen LogP) is 4.36. The number of carbonyl (C=O) groups is 2. The predicted molar refractivity (Wildman–Crippen MR) is 108 cm³/mol. The van der Waals surface area contributed by atoms with Crippen LogP contribution in [0.1, 0.15) is 36.0 Å². The van der Waals surface area contributed by atoms with Gasteiger partial charge in [0.15, 0.2) is 0 Å². The first-order valence-corrected chi connectivity index (χ1v) is 10.1. The first kappa shape index (κ1) is 18.8. The summed E-state index contributed by atoms with van der Waals surface area (Å²) < 4.78 is 5.77. The van der Waals surface area contributed by atoms with E-state index in [1.807, 2.05) is 21.9 Å². The van der Waals surface area contributed by atoms with Crippen LogP contribution in [-0.2, 0) is 4.79 Å². The highest BCUT2D eigenvalue weighted by molar-refractivity contribution is 6.30. The van der Waals surface area contributed by atoms with E-state index in [9.17, 15) is 9.59 Å². The second-order valence-electron chi connectivity index (χ2n) is 7.30. The molecule has 2 aromatic rings. The summed E-state index contributed by atoms with van der Waals surface area (Å²) in [4.78, 5) is 28.6. The monoisotopic (exact) mass is 398 g/mol. The van der Waals surface area contributed by atoms with Crippen LogP contribution in [0.3, 0.4) is 0 Å². The molecule has 2 heterocycles. The normalized spacial score (nSPS) is 17.8. The van der Waals surface area contributed by atoms with Gasteiger partial charge in [-0.3, -0.25) is 9.59 Å². The van der Waals surface area contributed by atoms with Crippen LogP contribution < -0.4 is 4.74 Å². The number of rotatable bonds is 4. The van der Waals surface area contributed by atoms with Crippen molar-refractivity contribution in [3.8, 4) is 11.5 Å². The third kappa shape index (κ3) is 4.14. The Balaban J connectivity index is 1.34. The van der Waals surface area contributed by atoms with Crippen LogP contribution in [0.2, 0.25) is 5.02 Å². The van der Waals surface area contributed by atoms with Gasteiger partial charge in [0.25, 0.3) is 5.91 Å². The molecule has 2 saturated heterocycles. The topological polar surface area (TPSA) is 49.9 Å². The van der Waals surface area contributed by atoms with Crippen molar-refractivity contribution in [1.29, 1.82) is 0 Å². The number of benzene rings is 2. The number of ether oxygens (including phenoxy) is 1. The molecule has 28 heavy (non-hydrogen) atoms. The van der Waals surface area contributed by atoms with Gasteiger partial charge in [-0.2, -0.15) is 0 Å². The number of hydrogen-bond donors (Lipinski definition) is 0. The molecule has 0 saturated carbocycles. The zero-order chi connectivity index (χ0) is 19.5. The second-order valence-corrected chi connectivity index (χ2v) is 7.73. The largest absolute Gasteiger partial charge is 0.457 e. The van der Waals surface area contributed by atoms with Crippen LogP contribution in [0.5, 0.6) is 11.5 Å². The molecule has 146 valence electrons. The van der Waals surface area contributed by atoms with Gasteiger partial charge in [0.1, 0.15) is 11.5 Å². The number of nitrogens with zero attached hydrogens (tertiary/aromatic N) is 2. The zero-order valence-electron chi connectivity index (χ0n) is 15.6. The first-order valence-electron chi connectivity index (χ1n) is 9.72. The van der Waals surface area contributed by atoms with Crippen LogP contribution in [0.25, 0.3) is 0 Å². The third-order valence-corrected chi connectivity index (χ3v) is 5.67. The fourth-order valence-electron chi connectivity index (χ4n) is 3.95. The van der Waals surface area contributed by atoms with E-state index in [0.29, 0.717) is 41.6 Å². The van der Waals surface area contributed by atoms with E-state index in [1.54, 1.807) is 36.4 Å². The molecule has 0 aromatic heterocycles. The summed E-state index contributed by atoms with van der Waals surface area (Å²) in [5.41, 5.74) is 0.647. The summed E-state index contributed by atoms with van der Waals surface area (Å²) in [6, 6.07) is 14.7. The fourth-order valence-corrected chi connectivity index (χ4v) is 4.13. The van der Waals surface area contributed by atoms with Crippen LogP contribution in [0, 0.1) is 0 Å². The van der Waals surface area contributed by atoms with Crippen molar-refractivity contribution in [2.75, 3.05) is 19.6 Å². The number of likely N-dealkylation sites (tertiary alicyclic amines) is 2. The molecule has 2 aromatic carbocycles. The summed E-state index contributed by atoms with van der Waals surface area (Å²) in [6.45, 7) is 2.24. The molecular formula is C22H23ClN2O3. The second kappa shape index (κ2) is 8.23. The van der Waals surface area contributed by atoms with Crippen molar-refractivity contribution < 1.29 is 14.3 Å². The Kier molecular flexibility index (Phi) is 5.53. The van der Waals surface area contributed by atoms with Gasteiger partial charge in [-0.25, -0.2) is 0 Å². The molecule has 0 unspecified atom stereocenters. The van der Waals surface area contributed by atoms with E-state index < -0.39 is 0 Å². The van der Waals surface area contributed by atoms with Crippen LogP contribution in [0.4, 0.5) is 0 Å². The number of halogens is 1. The van der Waals surface area contributed by atoms with E-state index >= 15 is 0 Å². The van der Waals surface area contributed by atoms with E-state index in [1.165, 1.54) is 0 Å². The van der Waals surface area contributed by atoms with Gasteiger partial charge < -0.3 is 14.5 Å². The van der Waals surface area contributed by atoms with Crippen molar-refractivity contribution in [3.63, 3.8) is 0 Å². The average Bonchev–Trinajstić information content (AvgIpc) is 3.14. The maximum absolute atomic E-state index is 12.8. The lowest BCUT2D eigenvalue weighted by Crippen LogP contribution is -2.47. The van der Waals surface area contributed by atoms with Gasteiger partial charge in [0.2, 0.25) is 5.91 Å². The lowest BCUT2D eigenvalue weighted by atomic mass is 10.0. The number of amides is 2. The number of piperidine rings is 1. The summed E-state index contributed by atoms with van der Waals surface area (Å²) in [5, 5.41) is 0.614.